The van der Waals surface area contributed by atoms with Crippen LogP contribution in [-0.4, -0.2) is 137 Å². The van der Waals surface area contributed by atoms with Gasteiger partial charge in [0.1, 0.15) is 23.9 Å². The first kappa shape index (κ1) is 48.9. The number of epoxide rings is 1. The Morgan fingerprint density at radius 2 is 1.81 bits per heavy atom. The monoisotopic (exact) mass is 936 g/mol. The Labute approximate surface area is 399 Å². The fourth-order valence-corrected chi connectivity index (χ4v) is 10.7. The van der Waals surface area contributed by atoms with E-state index in [1.54, 1.807) is 38.1 Å². The number of fused-ring (bicyclic) bond motifs is 6. The SMILES string of the molecule is CCn1c(C2=C([C@H](C)OC)N=CCC2)c2c3cc(ccc31)-c1cc(O)cc(c1)C[C@H](NC(=O)[C@H](C(C)C)N(C)C(=O)[C@H]1CCN(C(=O)C3(C)CO3)C1)C(=O)N1CCC[C@H](N1)C(=O)OCC(C)(C)C2. The molecular formula is C52H69N7O9. The van der Waals surface area contributed by atoms with Crippen LogP contribution in [0.25, 0.3) is 27.6 Å². The van der Waals surface area contributed by atoms with Crippen molar-refractivity contribution < 1.29 is 43.3 Å². The molecule has 0 spiro atoms. The minimum Gasteiger partial charge on any atom is -0.508 e. The van der Waals surface area contributed by atoms with Crippen LogP contribution in [0, 0.1) is 17.3 Å². The third kappa shape index (κ3) is 9.82. The van der Waals surface area contributed by atoms with Crippen molar-refractivity contribution in [1.29, 1.82) is 0 Å². The third-order valence-electron chi connectivity index (χ3n) is 14.5. The van der Waals surface area contributed by atoms with E-state index in [0.29, 0.717) is 50.9 Å². The Hall–Kier alpha value is -5.58. The van der Waals surface area contributed by atoms with E-state index in [9.17, 15) is 29.1 Å². The second-order valence-electron chi connectivity index (χ2n) is 20.7. The number of likely N-dealkylation sites (N-methyl/N-ethyl adjacent to an activating group) is 1. The molecule has 16 nitrogen and oxygen atoms in total. The number of hydrogen-bond donors (Lipinski definition) is 3. The zero-order chi connectivity index (χ0) is 48.8. The highest BCUT2D eigenvalue weighted by molar-refractivity contribution is 5.96. The number of nitrogens with zero attached hydrogens (tertiary/aromatic N) is 5. The van der Waals surface area contributed by atoms with Crippen LogP contribution in [0.3, 0.4) is 0 Å². The van der Waals surface area contributed by atoms with Gasteiger partial charge in [0.15, 0.2) is 5.60 Å². The highest BCUT2D eigenvalue weighted by Gasteiger charge is 2.51. The molecule has 3 aromatic rings. The van der Waals surface area contributed by atoms with Gasteiger partial charge in [-0.3, -0.25) is 34.0 Å². The number of hydrogen-bond acceptors (Lipinski definition) is 11. The average Bonchev–Trinajstić information content (AvgIpc) is 3.75. The van der Waals surface area contributed by atoms with Crippen LogP contribution >= 0.6 is 0 Å². The summed E-state index contributed by atoms with van der Waals surface area (Å²) < 4.78 is 19.7. The highest BCUT2D eigenvalue weighted by atomic mass is 16.6. The Balaban J connectivity index is 1.17. The van der Waals surface area contributed by atoms with Gasteiger partial charge in [0.25, 0.3) is 11.8 Å². The van der Waals surface area contributed by atoms with E-state index in [4.69, 9.17) is 19.2 Å². The number of aromatic hydroxyl groups is 1. The number of carbonyl (C=O) groups excluding carboxylic acids is 5. The van der Waals surface area contributed by atoms with Crippen LogP contribution in [0.1, 0.15) is 97.4 Å². The molecular weight excluding hydrogens is 867 g/mol. The zero-order valence-corrected chi connectivity index (χ0v) is 41.1. The predicted octanol–water partition coefficient (Wildman–Crippen LogP) is 5.41. The number of nitrogens with one attached hydrogen (secondary N) is 2. The zero-order valence-electron chi connectivity index (χ0n) is 41.1. The van der Waals surface area contributed by atoms with Gasteiger partial charge >= 0.3 is 5.97 Å². The van der Waals surface area contributed by atoms with Crippen molar-refractivity contribution in [3.8, 4) is 16.9 Å². The van der Waals surface area contributed by atoms with E-state index < -0.39 is 52.8 Å². The average molecular weight is 936 g/mol. The number of ether oxygens (including phenoxy) is 3. The number of hydrazine groups is 1. The molecule has 6 bridgehead atoms. The van der Waals surface area contributed by atoms with Crippen LogP contribution in [-0.2, 0) is 57.6 Å². The summed E-state index contributed by atoms with van der Waals surface area (Å²) in [5.41, 5.74) is 9.21. The van der Waals surface area contributed by atoms with E-state index in [1.165, 1.54) is 9.91 Å². The van der Waals surface area contributed by atoms with Gasteiger partial charge < -0.3 is 39.0 Å². The molecule has 1 unspecified atom stereocenters. The van der Waals surface area contributed by atoms with Crippen molar-refractivity contribution in [2.75, 3.05) is 47.0 Å². The molecule has 5 aliphatic heterocycles. The maximum absolute atomic E-state index is 14.8. The fraction of sp³-hybridized carbons (Fsp3) is 0.577. The van der Waals surface area contributed by atoms with Gasteiger partial charge in [0.2, 0.25) is 11.8 Å². The predicted molar refractivity (Wildman–Crippen MR) is 258 cm³/mol. The second kappa shape index (κ2) is 19.4. The lowest BCUT2D eigenvalue weighted by Gasteiger charge is -2.37. The molecule has 0 saturated carbocycles. The number of amides is 4. The Morgan fingerprint density at radius 1 is 1.04 bits per heavy atom. The molecule has 0 aliphatic carbocycles. The first-order chi connectivity index (χ1) is 32.3. The van der Waals surface area contributed by atoms with Crippen LogP contribution in [0.5, 0.6) is 5.75 Å². The second-order valence-corrected chi connectivity index (χ2v) is 20.7. The molecule has 6 atom stereocenters. The number of aromatic nitrogens is 1. The number of methoxy groups -OCH3 is 1. The quantitative estimate of drug-likeness (QED) is 0.175. The van der Waals surface area contributed by atoms with E-state index in [0.717, 1.165) is 57.4 Å². The molecule has 0 radical (unpaired) electrons. The van der Waals surface area contributed by atoms with Gasteiger partial charge in [0, 0.05) is 74.9 Å². The summed E-state index contributed by atoms with van der Waals surface area (Å²) in [6, 6.07) is 8.62. The summed E-state index contributed by atoms with van der Waals surface area (Å²) in [7, 11) is 3.29. The van der Waals surface area contributed by atoms with Crippen molar-refractivity contribution in [2.24, 2.45) is 22.2 Å². The van der Waals surface area contributed by atoms with E-state index in [2.05, 4.69) is 48.2 Å². The fourth-order valence-electron chi connectivity index (χ4n) is 10.7. The number of cyclic esters (lactones) is 1. The lowest BCUT2D eigenvalue weighted by molar-refractivity contribution is -0.155. The molecule has 3 saturated heterocycles. The van der Waals surface area contributed by atoms with Crippen LogP contribution in [0.4, 0.5) is 0 Å². The molecule has 2 aromatic carbocycles. The molecule has 366 valence electrons. The maximum Gasteiger partial charge on any atom is 0.324 e. The van der Waals surface area contributed by atoms with E-state index >= 15 is 0 Å². The third-order valence-corrected chi connectivity index (χ3v) is 14.5. The minimum absolute atomic E-state index is 0.00302. The number of carbonyl (C=O) groups is 5. The van der Waals surface area contributed by atoms with Crippen LogP contribution < -0.4 is 10.7 Å². The number of aryl methyl sites for hydroxylation is 1. The van der Waals surface area contributed by atoms with E-state index in [-0.39, 0.29) is 55.7 Å². The van der Waals surface area contributed by atoms with Gasteiger partial charge in [-0.25, -0.2) is 5.43 Å². The van der Waals surface area contributed by atoms with Gasteiger partial charge in [-0.2, -0.15) is 0 Å². The summed E-state index contributed by atoms with van der Waals surface area (Å²) >= 11 is 0. The lowest BCUT2D eigenvalue weighted by atomic mass is 9.83. The summed E-state index contributed by atoms with van der Waals surface area (Å²) in [6.07, 6.45) is 5.29. The molecule has 5 aliphatic rings. The first-order valence-electron chi connectivity index (χ1n) is 24.3. The number of benzene rings is 2. The normalized spacial score (nSPS) is 25.0. The molecule has 6 heterocycles. The molecule has 3 N–H and O–H groups in total. The topological polar surface area (TPSA) is 188 Å². The number of allylic oxidation sites excluding steroid dienone is 1. The Kier molecular flexibility index (Phi) is 14.0. The highest BCUT2D eigenvalue weighted by Crippen LogP contribution is 2.42. The first-order valence-corrected chi connectivity index (χ1v) is 24.3. The smallest absolute Gasteiger partial charge is 0.324 e. The molecule has 1 aromatic heterocycles. The molecule has 4 amide bonds. The minimum atomic E-state index is -1.16. The van der Waals surface area contributed by atoms with Gasteiger partial charge in [-0.05, 0) is 112 Å². The summed E-state index contributed by atoms with van der Waals surface area (Å²) in [4.78, 5) is 78.4. The van der Waals surface area contributed by atoms with Gasteiger partial charge in [-0.15, -0.1) is 0 Å². The number of aliphatic imine (C=N–C) groups is 1. The van der Waals surface area contributed by atoms with Gasteiger partial charge in [0.05, 0.1) is 36.6 Å². The number of esters is 1. The standard InChI is InChI=1S/C52H69N7O9/c1-10-58-42-16-15-33-25-38(42)39(45(58)37-13-11-18-53-43(37)31(4)66-9)26-51(5,6)28-67-49(64)40-14-12-19-59(55-40)48(63)41(23-32-21-35(33)24-36(60)22-32)54-46(61)44(30(2)3)56(8)47(62)34-17-20-57(27-34)50(65)52(7)29-68-52/h15-16,18,21-22,24-25,30-31,34,40-41,44,55,60H,10-14,17,19-20,23,26-29H2,1-9H3,(H,54,61)/t31-,34-,40-,41-,44-,52?/m0/s1. The number of phenols is 1. The molecule has 8 rings (SSSR count). The van der Waals surface area contributed by atoms with Crippen molar-refractivity contribution in [1.82, 2.24) is 30.1 Å². The van der Waals surface area contributed by atoms with Crippen molar-refractivity contribution in [3.05, 3.63) is 58.9 Å². The van der Waals surface area contributed by atoms with Crippen LogP contribution in [0.15, 0.2) is 47.1 Å². The Bertz CT molecular complexity index is 2540. The molecule has 3 fully saturated rings. The number of rotatable bonds is 10. The van der Waals surface area contributed by atoms with E-state index in [1.807, 2.05) is 39.1 Å². The molecule has 16 heteroatoms. The number of likely N-dealkylation sites (tertiary alicyclic amines) is 1. The van der Waals surface area contributed by atoms with Gasteiger partial charge in [-0.1, -0.05) is 39.8 Å². The summed E-state index contributed by atoms with van der Waals surface area (Å²) in [6.45, 7) is 15.9. The summed E-state index contributed by atoms with van der Waals surface area (Å²) in [5.74, 6) is -2.71. The van der Waals surface area contributed by atoms with Crippen molar-refractivity contribution in [3.63, 3.8) is 0 Å². The summed E-state index contributed by atoms with van der Waals surface area (Å²) in [5, 5.41) is 16.8. The van der Waals surface area contributed by atoms with Crippen molar-refractivity contribution in [2.45, 2.75) is 130 Å². The Morgan fingerprint density at radius 3 is 2.51 bits per heavy atom. The van der Waals surface area contributed by atoms with Crippen LogP contribution in [0.2, 0.25) is 0 Å². The number of phenolic OH excluding ortho intramolecular Hbond substituents is 1. The largest absolute Gasteiger partial charge is 0.508 e. The molecule has 68 heavy (non-hydrogen) atoms. The van der Waals surface area contributed by atoms with Crippen molar-refractivity contribution >= 4 is 52.3 Å². The lowest BCUT2D eigenvalue weighted by Crippen LogP contribution is -2.62. The maximum atomic E-state index is 14.8.